The quantitative estimate of drug-likeness (QED) is 0.202. The lowest BCUT2D eigenvalue weighted by Crippen LogP contribution is -2.67. The first-order valence-corrected chi connectivity index (χ1v) is 17.6. The van der Waals surface area contributed by atoms with Crippen LogP contribution in [0.1, 0.15) is 59.8 Å². The maximum atomic E-state index is 12.9. The van der Waals surface area contributed by atoms with Crippen LogP contribution in [0, 0.1) is 11.8 Å². The molecule has 0 aliphatic carbocycles. The zero-order chi connectivity index (χ0) is 33.5. The van der Waals surface area contributed by atoms with Crippen molar-refractivity contribution in [3.05, 3.63) is 93.3 Å². The first-order valence-electron chi connectivity index (χ1n) is 15.1. The van der Waals surface area contributed by atoms with Crippen LogP contribution in [0.4, 0.5) is 4.79 Å². The Hall–Kier alpha value is -3.66. The molecule has 10 nitrogen and oxygen atoms in total. The topological polar surface area (TPSA) is 121 Å². The maximum absolute atomic E-state index is 12.9. The lowest BCUT2D eigenvalue weighted by molar-refractivity contribution is -0.0528. The minimum absolute atomic E-state index is 0.0380. The molecule has 1 fully saturated rings. The van der Waals surface area contributed by atoms with Crippen molar-refractivity contribution in [2.24, 2.45) is 0 Å². The fraction of sp³-hybridized carbons (Fsp3) is 0.441. The minimum Gasteiger partial charge on any atom is -0.444 e. The van der Waals surface area contributed by atoms with Crippen molar-refractivity contribution < 1.29 is 23.4 Å². The van der Waals surface area contributed by atoms with Crippen LogP contribution in [-0.2, 0) is 18.6 Å². The third-order valence-corrected chi connectivity index (χ3v) is 12.7. The normalized spacial score (nSPS) is 18.5. The van der Waals surface area contributed by atoms with Crippen LogP contribution < -0.4 is 26.9 Å². The molecule has 2 heterocycles. The Labute approximate surface area is 275 Å². The van der Waals surface area contributed by atoms with Gasteiger partial charge in [0.15, 0.2) is 0 Å². The summed E-state index contributed by atoms with van der Waals surface area (Å²) < 4.78 is 25.8. The van der Waals surface area contributed by atoms with Gasteiger partial charge in [-0.3, -0.25) is 14.3 Å². The Kier molecular flexibility index (Phi) is 11.3. The van der Waals surface area contributed by atoms with Gasteiger partial charge in [-0.2, -0.15) is 0 Å². The average molecular weight is 668 g/mol. The van der Waals surface area contributed by atoms with E-state index in [0.29, 0.717) is 6.42 Å². The molecule has 0 spiro atoms. The van der Waals surface area contributed by atoms with Crippen molar-refractivity contribution in [2.75, 3.05) is 19.2 Å². The standard InChI is InChI=1S/C34H42ClN3O7Si/c1-33(2,3)45-32(41)36-19-13-14-24-21-38(31(40)37-30(24)39)29-20-27(42-23-35)28(44-29)22-43-46(34(4,5)6,25-15-9-7-10-16-25)26-17-11-8-12-18-26/h7-12,15-18,21,27-29H,19-20,22-23H2,1-6H3,(H,36,41)(H,37,39,40)/t27?,28-,29-/m1/s1. The summed E-state index contributed by atoms with van der Waals surface area (Å²) in [5.74, 6) is 5.44. The summed E-state index contributed by atoms with van der Waals surface area (Å²) >= 11 is 6.02. The highest BCUT2D eigenvalue weighted by Gasteiger charge is 2.51. The van der Waals surface area contributed by atoms with Gasteiger partial charge in [0, 0.05) is 12.6 Å². The molecule has 1 aliphatic heterocycles. The Morgan fingerprint density at radius 1 is 1.04 bits per heavy atom. The van der Waals surface area contributed by atoms with Gasteiger partial charge >= 0.3 is 11.8 Å². The number of carbonyl (C=O) groups is 1. The number of alkyl halides is 1. The Balaban J connectivity index is 1.59. The number of aromatic nitrogens is 2. The summed E-state index contributed by atoms with van der Waals surface area (Å²) in [6.45, 7) is 12.0. The molecule has 2 aromatic carbocycles. The van der Waals surface area contributed by atoms with Crippen molar-refractivity contribution in [1.82, 2.24) is 14.9 Å². The molecular formula is C34H42ClN3O7Si. The highest BCUT2D eigenvalue weighted by molar-refractivity contribution is 6.99. The number of carbonyl (C=O) groups excluding carboxylic acids is 1. The second kappa shape index (κ2) is 14.8. The van der Waals surface area contributed by atoms with Gasteiger partial charge in [-0.05, 0) is 36.2 Å². The Morgan fingerprint density at radius 2 is 1.65 bits per heavy atom. The molecule has 12 heteroatoms. The van der Waals surface area contributed by atoms with Gasteiger partial charge < -0.3 is 24.0 Å². The van der Waals surface area contributed by atoms with Crippen molar-refractivity contribution in [3.63, 3.8) is 0 Å². The number of aromatic amines is 1. The van der Waals surface area contributed by atoms with Gasteiger partial charge in [0.05, 0.1) is 19.3 Å². The van der Waals surface area contributed by atoms with E-state index in [1.165, 1.54) is 10.8 Å². The number of amides is 1. The van der Waals surface area contributed by atoms with Crippen molar-refractivity contribution >= 4 is 36.4 Å². The van der Waals surface area contributed by atoms with E-state index < -0.39 is 49.7 Å². The maximum Gasteiger partial charge on any atom is 0.408 e. The van der Waals surface area contributed by atoms with Crippen LogP contribution >= 0.6 is 11.6 Å². The molecule has 1 amide bonds. The molecule has 1 aromatic heterocycles. The molecule has 3 aromatic rings. The molecule has 1 aliphatic rings. The lowest BCUT2D eigenvalue weighted by atomic mass is 10.2. The summed E-state index contributed by atoms with van der Waals surface area (Å²) in [5.41, 5.74) is -1.91. The number of H-pyrrole nitrogens is 1. The molecule has 1 unspecified atom stereocenters. The number of hydrogen-bond acceptors (Lipinski definition) is 7. The molecule has 46 heavy (non-hydrogen) atoms. The summed E-state index contributed by atoms with van der Waals surface area (Å²) in [7, 11) is -2.88. The van der Waals surface area contributed by atoms with E-state index in [9.17, 15) is 14.4 Å². The molecule has 0 saturated carbocycles. The molecule has 0 radical (unpaired) electrons. The van der Waals surface area contributed by atoms with E-state index in [1.807, 2.05) is 36.4 Å². The van der Waals surface area contributed by atoms with Crippen LogP contribution in [-0.4, -0.2) is 61.0 Å². The van der Waals surface area contributed by atoms with Crippen molar-refractivity contribution in [2.45, 2.75) is 77.0 Å². The van der Waals surface area contributed by atoms with Gasteiger partial charge in [-0.25, -0.2) is 9.59 Å². The fourth-order valence-corrected chi connectivity index (χ4v) is 10.3. The second-order valence-electron chi connectivity index (χ2n) is 13.0. The van der Waals surface area contributed by atoms with Gasteiger partial charge in [-0.15, -0.1) is 0 Å². The van der Waals surface area contributed by atoms with E-state index >= 15 is 0 Å². The highest BCUT2D eigenvalue weighted by Crippen LogP contribution is 2.38. The zero-order valence-corrected chi connectivity index (χ0v) is 28.9. The first kappa shape index (κ1) is 35.2. The number of hydrogen-bond donors (Lipinski definition) is 2. The van der Waals surface area contributed by atoms with Gasteiger partial charge in [0.2, 0.25) is 0 Å². The molecule has 2 N–H and O–H groups in total. The van der Waals surface area contributed by atoms with Gasteiger partial charge in [0.25, 0.3) is 13.9 Å². The summed E-state index contributed by atoms with van der Waals surface area (Å²) in [4.78, 5) is 39.7. The Morgan fingerprint density at radius 3 is 2.20 bits per heavy atom. The lowest BCUT2D eigenvalue weighted by Gasteiger charge is -2.43. The van der Waals surface area contributed by atoms with Crippen LogP contribution in [0.5, 0.6) is 0 Å². The minimum atomic E-state index is -2.88. The van der Waals surface area contributed by atoms with E-state index in [4.69, 9.17) is 30.2 Å². The van der Waals surface area contributed by atoms with Gasteiger partial charge in [0.1, 0.15) is 29.6 Å². The Bertz CT molecular complexity index is 1610. The predicted molar refractivity (Wildman–Crippen MR) is 180 cm³/mol. The molecular weight excluding hydrogens is 626 g/mol. The smallest absolute Gasteiger partial charge is 0.408 e. The molecule has 4 rings (SSSR count). The number of ether oxygens (including phenoxy) is 3. The van der Waals surface area contributed by atoms with E-state index in [-0.39, 0.29) is 29.8 Å². The number of nitrogens with one attached hydrogen (secondary N) is 2. The first-order chi connectivity index (χ1) is 21.7. The van der Waals surface area contributed by atoms with E-state index in [1.54, 1.807) is 20.8 Å². The second-order valence-corrected chi connectivity index (χ2v) is 17.5. The van der Waals surface area contributed by atoms with Crippen LogP contribution in [0.2, 0.25) is 5.04 Å². The summed E-state index contributed by atoms with van der Waals surface area (Å²) in [6, 6.07) is 20.4. The summed E-state index contributed by atoms with van der Waals surface area (Å²) in [6.07, 6.45) is -0.790. The number of alkyl carbamates (subject to hydrolysis) is 1. The zero-order valence-electron chi connectivity index (χ0n) is 27.1. The number of nitrogens with zero attached hydrogens (tertiary/aromatic N) is 1. The van der Waals surface area contributed by atoms with Crippen LogP contribution in [0.3, 0.4) is 0 Å². The number of benzene rings is 2. The number of rotatable bonds is 9. The molecule has 0 bridgehead atoms. The largest absolute Gasteiger partial charge is 0.444 e. The van der Waals surface area contributed by atoms with Crippen LogP contribution in [0.25, 0.3) is 0 Å². The molecule has 3 atom stereocenters. The molecule has 1 saturated heterocycles. The third-order valence-electron chi connectivity index (χ3n) is 7.56. The van der Waals surface area contributed by atoms with E-state index in [2.05, 4.69) is 67.2 Å². The van der Waals surface area contributed by atoms with Crippen molar-refractivity contribution in [3.8, 4) is 11.8 Å². The highest BCUT2D eigenvalue weighted by atomic mass is 35.5. The van der Waals surface area contributed by atoms with Gasteiger partial charge in [-0.1, -0.05) is 105 Å². The van der Waals surface area contributed by atoms with Crippen LogP contribution in [0.15, 0.2) is 76.4 Å². The SMILES string of the molecule is CC(C)(C)OC(=O)NCC#Cc1cn([C@H]2CC(OCCl)[C@@H](CO[Si](c3ccccc3)(c3ccccc3)C(C)(C)C)O2)c(=O)[nH]c1=O. The summed E-state index contributed by atoms with van der Waals surface area (Å²) in [5, 5.41) is 4.51. The molecule has 246 valence electrons. The monoisotopic (exact) mass is 667 g/mol. The average Bonchev–Trinajstić information content (AvgIpc) is 3.38. The number of halogens is 1. The van der Waals surface area contributed by atoms with Crippen molar-refractivity contribution in [1.29, 1.82) is 0 Å². The fourth-order valence-electron chi connectivity index (χ4n) is 5.60. The van der Waals surface area contributed by atoms with E-state index in [0.717, 1.165) is 10.4 Å². The third kappa shape index (κ3) is 8.37. The predicted octanol–water partition coefficient (Wildman–Crippen LogP) is 3.86.